The van der Waals surface area contributed by atoms with Gasteiger partial charge in [0.25, 0.3) is 10.2 Å². The van der Waals surface area contributed by atoms with Gasteiger partial charge < -0.3 is 0 Å². The first-order chi connectivity index (χ1) is 3.89. The van der Waals surface area contributed by atoms with Crippen molar-refractivity contribution in [2.75, 3.05) is 5.75 Å². The van der Waals surface area contributed by atoms with E-state index in [1.165, 1.54) is 0 Å². The van der Waals surface area contributed by atoms with E-state index in [9.17, 15) is 19.4 Å². The molecule has 0 saturated carbocycles. The molecule has 0 heterocycles. The zero-order valence-electron chi connectivity index (χ0n) is 4.59. The summed E-state index contributed by atoms with van der Waals surface area (Å²) in [5.74, 6) is -2.39. The SMILES string of the molecule is C=C(Cl)CS(F)(F)(F)(F)F. The van der Waals surface area contributed by atoms with Gasteiger partial charge in [-0.15, -0.1) is 0 Å². The molecule has 0 bridgehead atoms. The van der Waals surface area contributed by atoms with Crippen LogP contribution in [-0.2, 0) is 0 Å². The lowest BCUT2D eigenvalue weighted by Gasteiger charge is -2.39. The van der Waals surface area contributed by atoms with Crippen LogP contribution in [0.1, 0.15) is 0 Å². The fraction of sp³-hybridized carbons (Fsp3) is 0.333. The maximum Gasteiger partial charge on any atom is 0.290 e. The van der Waals surface area contributed by atoms with Crippen molar-refractivity contribution in [3.63, 3.8) is 0 Å². The summed E-state index contributed by atoms with van der Waals surface area (Å²) in [5, 5.41) is -1.10. The van der Waals surface area contributed by atoms with Gasteiger partial charge >= 0.3 is 0 Å². The Bertz CT molecular complexity index is 164. The molecule has 0 unspecified atom stereocenters. The number of rotatable bonds is 2. The summed E-state index contributed by atoms with van der Waals surface area (Å²) in [6, 6.07) is 0. The van der Waals surface area contributed by atoms with Gasteiger partial charge in [0.15, 0.2) is 0 Å². The molecule has 0 rings (SSSR count). The van der Waals surface area contributed by atoms with Crippen LogP contribution in [0.4, 0.5) is 19.4 Å². The third kappa shape index (κ3) is 8.03. The molecule has 7 heteroatoms. The molecule has 0 nitrogen and oxygen atoms in total. The van der Waals surface area contributed by atoms with Crippen molar-refractivity contribution in [2.24, 2.45) is 0 Å². The van der Waals surface area contributed by atoms with Gasteiger partial charge in [0.1, 0.15) is 5.75 Å². The fourth-order valence-corrected chi connectivity index (χ4v) is 1.51. The normalized spacial score (nSPS) is 19.4. The Morgan fingerprint density at radius 3 is 1.50 bits per heavy atom. The van der Waals surface area contributed by atoms with Gasteiger partial charge in [-0.2, -0.15) is 0 Å². The van der Waals surface area contributed by atoms with Gasteiger partial charge in [0.05, 0.1) is 0 Å². The molecule has 0 atom stereocenters. The molecule has 0 aliphatic carbocycles. The molecule has 10 heavy (non-hydrogen) atoms. The largest absolute Gasteiger partial charge is 0.290 e. The lowest BCUT2D eigenvalue weighted by Crippen LogP contribution is -2.10. The van der Waals surface area contributed by atoms with Crippen molar-refractivity contribution in [3.8, 4) is 0 Å². The van der Waals surface area contributed by atoms with E-state index in [0.717, 1.165) is 0 Å². The summed E-state index contributed by atoms with van der Waals surface area (Å²) in [5.41, 5.74) is 0. The van der Waals surface area contributed by atoms with Crippen molar-refractivity contribution in [1.29, 1.82) is 0 Å². The summed E-state index contributed by atoms with van der Waals surface area (Å²) in [4.78, 5) is 0. The van der Waals surface area contributed by atoms with Crippen molar-refractivity contribution >= 4 is 21.8 Å². The quantitative estimate of drug-likeness (QED) is 0.593. The lowest BCUT2D eigenvalue weighted by molar-refractivity contribution is 0.369. The third-order valence-electron chi connectivity index (χ3n) is 0.429. The molecule has 0 aromatic heterocycles. The van der Waals surface area contributed by atoms with Gasteiger partial charge in [-0.3, -0.25) is 0 Å². The zero-order valence-corrected chi connectivity index (χ0v) is 6.16. The van der Waals surface area contributed by atoms with E-state index >= 15 is 0 Å². The minimum atomic E-state index is -9.33. The summed E-state index contributed by atoms with van der Waals surface area (Å²) in [7, 11) is -9.33. The van der Waals surface area contributed by atoms with Gasteiger partial charge in [-0.1, -0.05) is 37.6 Å². The maximum absolute atomic E-state index is 11.3. The van der Waals surface area contributed by atoms with Crippen LogP contribution in [0.3, 0.4) is 0 Å². The van der Waals surface area contributed by atoms with E-state index in [1.807, 2.05) is 0 Å². The molecule has 0 aromatic rings. The first-order valence-corrected chi connectivity index (χ1v) is 4.45. The zero-order chi connectivity index (χ0) is 8.69. The number of hydrogen-bond acceptors (Lipinski definition) is 0. The Labute approximate surface area is 59.4 Å². The molecular weight excluding hydrogens is 199 g/mol. The molecule has 0 amide bonds. The van der Waals surface area contributed by atoms with E-state index < -0.39 is 21.0 Å². The van der Waals surface area contributed by atoms with Crippen LogP contribution in [-0.4, -0.2) is 5.75 Å². The molecule has 0 saturated heterocycles. The molecule has 0 N–H and O–H groups in total. The van der Waals surface area contributed by atoms with Crippen LogP contribution >= 0.6 is 21.8 Å². The second-order valence-corrected chi connectivity index (χ2v) is 4.87. The van der Waals surface area contributed by atoms with Crippen LogP contribution in [0.5, 0.6) is 0 Å². The Balaban J connectivity index is 4.59. The molecule has 0 radical (unpaired) electrons. The predicted octanol–water partition coefficient (Wildman–Crippen LogP) is 4.04. The van der Waals surface area contributed by atoms with E-state index in [0.29, 0.717) is 0 Å². The summed E-state index contributed by atoms with van der Waals surface area (Å²) < 4.78 is 56.6. The smallest absolute Gasteiger partial charge is 0.0975 e. The van der Waals surface area contributed by atoms with Crippen LogP contribution in [0, 0.1) is 0 Å². The Morgan fingerprint density at radius 2 is 1.50 bits per heavy atom. The Morgan fingerprint density at radius 1 is 1.20 bits per heavy atom. The van der Waals surface area contributed by atoms with Gasteiger partial charge in [0, 0.05) is 5.03 Å². The third-order valence-corrected chi connectivity index (χ3v) is 1.62. The van der Waals surface area contributed by atoms with E-state index in [1.54, 1.807) is 0 Å². The second kappa shape index (κ2) is 1.61. The average molecular weight is 203 g/mol. The molecule has 0 aromatic carbocycles. The van der Waals surface area contributed by atoms with Gasteiger partial charge in [0.2, 0.25) is 0 Å². The molecule has 64 valence electrons. The number of hydrogen-bond donors (Lipinski definition) is 0. The number of halogens is 6. The second-order valence-electron chi connectivity index (χ2n) is 1.79. The van der Waals surface area contributed by atoms with Gasteiger partial charge in [-0.05, 0) is 0 Å². The average Bonchev–Trinajstić information content (AvgIpc) is 1.12. The standard InChI is InChI=1S/C3H4ClF5S/c1-3(4)2-10(5,6,7,8)9/h1-2H2. The fourth-order valence-electron chi connectivity index (χ4n) is 0.296. The first kappa shape index (κ1) is 10.0. The highest BCUT2D eigenvalue weighted by Gasteiger charge is 2.63. The van der Waals surface area contributed by atoms with Crippen LogP contribution < -0.4 is 0 Å². The Kier molecular flexibility index (Phi) is 1.61. The van der Waals surface area contributed by atoms with E-state index in [4.69, 9.17) is 0 Å². The topological polar surface area (TPSA) is 0 Å². The summed E-state index contributed by atoms with van der Waals surface area (Å²) in [6.07, 6.45) is 0. The molecule has 0 fully saturated rings. The van der Waals surface area contributed by atoms with E-state index in [2.05, 4.69) is 18.2 Å². The Hall–Kier alpha value is 0.0300. The highest BCUT2D eigenvalue weighted by Crippen LogP contribution is 2.98. The van der Waals surface area contributed by atoms with Crippen LogP contribution in [0.2, 0.25) is 0 Å². The van der Waals surface area contributed by atoms with Crippen molar-refractivity contribution in [3.05, 3.63) is 11.6 Å². The summed E-state index contributed by atoms with van der Waals surface area (Å²) in [6.45, 7) is 2.53. The predicted molar refractivity (Wildman–Crippen MR) is 33.0 cm³/mol. The molecule has 0 spiro atoms. The van der Waals surface area contributed by atoms with Crippen molar-refractivity contribution in [2.45, 2.75) is 0 Å². The van der Waals surface area contributed by atoms with Gasteiger partial charge in [-0.25, -0.2) is 0 Å². The molecular formula is C3H4ClF5S. The first-order valence-electron chi connectivity index (χ1n) is 1.96. The van der Waals surface area contributed by atoms with Crippen LogP contribution in [0.25, 0.3) is 0 Å². The minimum Gasteiger partial charge on any atom is -0.0975 e. The van der Waals surface area contributed by atoms with Crippen molar-refractivity contribution < 1.29 is 19.4 Å². The van der Waals surface area contributed by atoms with Crippen molar-refractivity contribution in [1.82, 2.24) is 0 Å². The molecule has 0 aliphatic heterocycles. The van der Waals surface area contributed by atoms with Crippen LogP contribution in [0.15, 0.2) is 11.6 Å². The highest BCUT2D eigenvalue weighted by atomic mass is 35.5. The monoisotopic (exact) mass is 202 g/mol. The highest BCUT2D eigenvalue weighted by molar-refractivity contribution is 8.45. The van der Waals surface area contributed by atoms with E-state index in [-0.39, 0.29) is 0 Å². The summed E-state index contributed by atoms with van der Waals surface area (Å²) >= 11 is 4.58. The molecule has 0 aliphatic rings. The minimum absolute atomic E-state index is 1.10. The lowest BCUT2D eigenvalue weighted by atomic mass is 10.8. The maximum atomic E-state index is 11.3.